The molecule has 0 fully saturated rings. The first-order chi connectivity index (χ1) is 13.3. The minimum atomic E-state index is 0.224. The molecular formula is C24H44O4. The van der Waals surface area contributed by atoms with Gasteiger partial charge >= 0.3 is 0 Å². The Morgan fingerprint density at radius 2 is 0.786 bits per heavy atom. The Balaban J connectivity index is 0. The summed E-state index contributed by atoms with van der Waals surface area (Å²) in [6.45, 7) is 18.9. The second-order valence-electron chi connectivity index (χ2n) is 7.58. The van der Waals surface area contributed by atoms with Gasteiger partial charge in [-0.05, 0) is 80.1 Å². The monoisotopic (exact) mass is 396 g/mol. The number of hydrogen-bond donors (Lipinski definition) is 0. The van der Waals surface area contributed by atoms with E-state index in [1.807, 2.05) is 27.7 Å². The predicted molar refractivity (Wildman–Crippen MR) is 118 cm³/mol. The van der Waals surface area contributed by atoms with Crippen molar-refractivity contribution >= 4 is 0 Å². The van der Waals surface area contributed by atoms with Crippen LogP contribution in [-0.4, -0.2) is 50.8 Å². The van der Waals surface area contributed by atoms with Crippen LogP contribution in [0.4, 0.5) is 0 Å². The Hall–Kier alpha value is -1.04. The molecule has 164 valence electrons. The van der Waals surface area contributed by atoms with Gasteiger partial charge in [-0.1, -0.05) is 24.7 Å². The van der Waals surface area contributed by atoms with Crippen LogP contribution in [0, 0.1) is 23.7 Å². The van der Waals surface area contributed by atoms with Crippen molar-refractivity contribution in [2.24, 2.45) is 0 Å². The van der Waals surface area contributed by atoms with Crippen molar-refractivity contribution in [2.75, 3.05) is 26.4 Å². The summed E-state index contributed by atoms with van der Waals surface area (Å²) >= 11 is 0. The molecule has 0 N–H and O–H groups in total. The number of unbranched alkanes of at least 4 members (excludes halogenated alkanes) is 3. The molecule has 0 aliphatic carbocycles. The highest BCUT2D eigenvalue weighted by Gasteiger charge is 1.95. The van der Waals surface area contributed by atoms with Gasteiger partial charge < -0.3 is 18.9 Å². The molecule has 0 aliphatic heterocycles. The van der Waals surface area contributed by atoms with Crippen LogP contribution in [0.25, 0.3) is 0 Å². The fraction of sp³-hybridized carbons (Fsp3) is 0.833. The van der Waals surface area contributed by atoms with Crippen LogP contribution in [0.15, 0.2) is 0 Å². The fourth-order valence-corrected chi connectivity index (χ4v) is 1.77. The van der Waals surface area contributed by atoms with Crippen LogP contribution in [0.1, 0.15) is 81.1 Å². The van der Waals surface area contributed by atoms with Crippen LogP contribution in [0.3, 0.4) is 0 Å². The van der Waals surface area contributed by atoms with Gasteiger partial charge in [-0.25, -0.2) is 0 Å². The third-order valence-corrected chi connectivity index (χ3v) is 3.16. The molecule has 0 rings (SSSR count). The summed E-state index contributed by atoms with van der Waals surface area (Å²) in [4.78, 5) is 0. The highest BCUT2D eigenvalue weighted by atomic mass is 16.5. The van der Waals surface area contributed by atoms with Gasteiger partial charge in [-0.3, -0.25) is 0 Å². The molecule has 0 radical (unpaired) electrons. The molecule has 4 nitrogen and oxygen atoms in total. The van der Waals surface area contributed by atoms with Crippen molar-refractivity contribution < 1.29 is 18.9 Å². The molecular weight excluding hydrogens is 352 g/mol. The van der Waals surface area contributed by atoms with Crippen molar-refractivity contribution in [2.45, 2.75) is 105 Å². The topological polar surface area (TPSA) is 36.9 Å². The lowest BCUT2D eigenvalue weighted by molar-refractivity contribution is 0.0687. The van der Waals surface area contributed by atoms with Crippen molar-refractivity contribution in [3.05, 3.63) is 0 Å². The van der Waals surface area contributed by atoms with E-state index in [0.29, 0.717) is 25.4 Å². The lowest BCUT2D eigenvalue weighted by Crippen LogP contribution is -2.05. The van der Waals surface area contributed by atoms with Gasteiger partial charge in [-0.2, -0.15) is 0 Å². The summed E-state index contributed by atoms with van der Waals surface area (Å²) in [7, 11) is 0. The standard InChI is InChI=1S/C12H26O2.C12H18O2/c2*1-11(2)13-9-7-5-6-8-10-14-12(3)4/h11-12H,5-10H2,1-4H3;11-12H,9-10H2,1-4H3. The summed E-state index contributed by atoms with van der Waals surface area (Å²) in [5, 5.41) is 0. The zero-order chi connectivity index (χ0) is 21.6. The number of ether oxygens (including phenoxy) is 4. The second kappa shape index (κ2) is 22.3. The number of hydrogen-bond acceptors (Lipinski definition) is 4. The molecule has 0 unspecified atom stereocenters. The van der Waals surface area contributed by atoms with Gasteiger partial charge in [0.05, 0.1) is 24.4 Å². The summed E-state index contributed by atoms with van der Waals surface area (Å²) in [6, 6.07) is 0. The first-order valence-electron chi connectivity index (χ1n) is 10.7. The number of rotatable bonds is 13. The van der Waals surface area contributed by atoms with Gasteiger partial charge in [0.1, 0.15) is 13.2 Å². The van der Waals surface area contributed by atoms with Crippen LogP contribution < -0.4 is 0 Å². The largest absolute Gasteiger partial charge is 0.379 e. The van der Waals surface area contributed by atoms with E-state index in [0.717, 1.165) is 13.2 Å². The summed E-state index contributed by atoms with van der Waals surface area (Å²) in [6.07, 6.45) is 6.07. The van der Waals surface area contributed by atoms with Crippen molar-refractivity contribution in [1.82, 2.24) is 0 Å². The fourth-order valence-electron chi connectivity index (χ4n) is 1.77. The van der Waals surface area contributed by atoms with E-state index < -0.39 is 0 Å². The normalized spacial score (nSPS) is 10.4. The summed E-state index contributed by atoms with van der Waals surface area (Å²) in [5.74, 6) is 11.0. The van der Waals surface area contributed by atoms with Crippen LogP contribution in [0.2, 0.25) is 0 Å². The van der Waals surface area contributed by atoms with E-state index >= 15 is 0 Å². The zero-order valence-electron chi connectivity index (χ0n) is 19.6. The van der Waals surface area contributed by atoms with E-state index in [4.69, 9.17) is 18.9 Å². The molecule has 0 heterocycles. The molecule has 0 saturated carbocycles. The third-order valence-electron chi connectivity index (χ3n) is 3.16. The van der Waals surface area contributed by atoms with E-state index in [2.05, 4.69) is 51.4 Å². The molecule has 0 aliphatic rings. The molecule has 0 aromatic heterocycles. The van der Waals surface area contributed by atoms with Gasteiger partial charge in [-0.15, -0.1) is 0 Å². The maximum absolute atomic E-state index is 5.46. The smallest absolute Gasteiger partial charge is 0.109 e. The van der Waals surface area contributed by atoms with E-state index in [9.17, 15) is 0 Å². The summed E-state index contributed by atoms with van der Waals surface area (Å²) in [5.41, 5.74) is 0. The predicted octanol–water partition coefficient (Wildman–Crippen LogP) is 5.24. The maximum Gasteiger partial charge on any atom is 0.109 e. The molecule has 0 saturated heterocycles. The molecule has 0 atom stereocenters. The minimum Gasteiger partial charge on any atom is -0.379 e. The SMILES string of the molecule is CC(C)OCC#CC#CCOC(C)C.CC(C)OCCCCCCOC(C)C. The van der Waals surface area contributed by atoms with E-state index in [1.54, 1.807) is 0 Å². The Morgan fingerprint density at radius 1 is 0.464 bits per heavy atom. The average molecular weight is 397 g/mol. The van der Waals surface area contributed by atoms with Crippen molar-refractivity contribution in [1.29, 1.82) is 0 Å². The van der Waals surface area contributed by atoms with Crippen LogP contribution in [0.5, 0.6) is 0 Å². The molecule has 0 spiro atoms. The first kappa shape index (κ1) is 29.2. The molecule has 0 aromatic rings. The van der Waals surface area contributed by atoms with Gasteiger partial charge in [0.25, 0.3) is 0 Å². The van der Waals surface area contributed by atoms with Crippen LogP contribution in [-0.2, 0) is 18.9 Å². The lowest BCUT2D eigenvalue weighted by Gasteiger charge is -2.08. The Kier molecular flexibility index (Phi) is 23.2. The highest BCUT2D eigenvalue weighted by molar-refractivity contribution is 5.26. The Labute approximate surface area is 175 Å². The molecule has 0 amide bonds. The molecule has 28 heavy (non-hydrogen) atoms. The quantitative estimate of drug-likeness (QED) is 0.315. The first-order valence-corrected chi connectivity index (χ1v) is 10.7. The second-order valence-corrected chi connectivity index (χ2v) is 7.58. The van der Waals surface area contributed by atoms with Crippen molar-refractivity contribution in [3.8, 4) is 23.7 Å². The lowest BCUT2D eigenvalue weighted by atomic mass is 10.2. The Morgan fingerprint density at radius 3 is 1.07 bits per heavy atom. The Bertz CT molecular complexity index is 391. The van der Waals surface area contributed by atoms with E-state index in [-0.39, 0.29) is 12.2 Å². The zero-order valence-corrected chi connectivity index (χ0v) is 19.6. The minimum absolute atomic E-state index is 0.224. The maximum atomic E-state index is 5.46. The van der Waals surface area contributed by atoms with Gasteiger partial charge in [0, 0.05) is 13.2 Å². The van der Waals surface area contributed by atoms with Crippen LogP contribution >= 0.6 is 0 Å². The highest BCUT2D eigenvalue weighted by Crippen LogP contribution is 2.02. The third kappa shape index (κ3) is 32.6. The molecule has 4 heteroatoms. The van der Waals surface area contributed by atoms with Crippen molar-refractivity contribution in [3.63, 3.8) is 0 Å². The summed E-state index contributed by atoms with van der Waals surface area (Å²) < 4.78 is 21.3. The average Bonchev–Trinajstić information content (AvgIpc) is 2.59. The van der Waals surface area contributed by atoms with Gasteiger partial charge in [0.15, 0.2) is 0 Å². The molecule has 0 aromatic carbocycles. The van der Waals surface area contributed by atoms with E-state index in [1.165, 1.54) is 25.7 Å². The molecule has 0 bridgehead atoms. The van der Waals surface area contributed by atoms with Gasteiger partial charge in [0.2, 0.25) is 0 Å².